The van der Waals surface area contributed by atoms with Crippen LogP contribution in [0.25, 0.3) is 0 Å². The zero-order chi connectivity index (χ0) is 16.9. The standard InChI is InChI=1S/C18H22ClN3O2/c1-21-8-10-22(11-9-21)16(14-4-6-15(19)7-5-14)13-20-18(23)17-3-2-12-24-17/h2-7,12,16H,8-11,13H2,1H3,(H,20,23). The topological polar surface area (TPSA) is 48.7 Å². The van der Waals surface area contributed by atoms with E-state index >= 15 is 0 Å². The van der Waals surface area contributed by atoms with Crippen LogP contribution in [-0.4, -0.2) is 55.5 Å². The first-order valence-corrected chi connectivity index (χ1v) is 8.51. The number of piperazine rings is 1. The van der Waals surface area contributed by atoms with Gasteiger partial charge in [-0.3, -0.25) is 9.69 Å². The summed E-state index contributed by atoms with van der Waals surface area (Å²) >= 11 is 6.01. The first kappa shape index (κ1) is 17.0. The summed E-state index contributed by atoms with van der Waals surface area (Å²) in [4.78, 5) is 16.9. The van der Waals surface area contributed by atoms with Gasteiger partial charge in [-0.05, 0) is 36.9 Å². The van der Waals surface area contributed by atoms with Gasteiger partial charge in [-0.15, -0.1) is 0 Å². The Kier molecular flexibility index (Phi) is 5.56. The second kappa shape index (κ2) is 7.83. The molecule has 2 aromatic rings. The number of benzene rings is 1. The Morgan fingerprint density at radius 3 is 2.54 bits per heavy atom. The van der Waals surface area contributed by atoms with Crippen LogP contribution in [0.15, 0.2) is 47.1 Å². The second-order valence-electron chi connectivity index (χ2n) is 6.09. The lowest BCUT2D eigenvalue weighted by molar-refractivity contribution is 0.0863. The fraction of sp³-hybridized carbons (Fsp3) is 0.389. The van der Waals surface area contributed by atoms with Crippen LogP contribution in [0.1, 0.15) is 22.2 Å². The largest absolute Gasteiger partial charge is 0.459 e. The maximum absolute atomic E-state index is 12.2. The lowest BCUT2D eigenvalue weighted by Gasteiger charge is -2.38. The molecule has 1 atom stereocenters. The molecule has 1 fully saturated rings. The van der Waals surface area contributed by atoms with Gasteiger partial charge in [-0.2, -0.15) is 0 Å². The summed E-state index contributed by atoms with van der Waals surface area (Å²) in [5.74, 6) is 0.149. The highest BCUT2D eigenvalue weighted by atomic mass is 35.5. The van der Waals surface area contributed by atoms with E-state index in [4.69, 9.17) is 16.0 Å². The van der Waals surface area contributed by atoms with E-state index in [1.165, 1.54) is 6.26 Å². The number of hydrogen-bond acceptors (Lipinski definition) is 4. The van der Waals surface area contributed by atoms with Gasteiger partial charge in [0, 0.05) is 37.7 Å². The Morgan fingerprint density at radius 1 is 1.21 bits per heavy atom. The minimum atomic E-state index is -0.187. The highest BCUT2D eigenvalue weighted by Gasteiger charge is 2.24. The average Bonchev–Trinajstić information content (AvgIpc) is 3.12. The minimum Gasteiger partial charge on any atom is -0.459 e. The summed E-state index contributed by atoms with van der Waals surface area (Å²) in [5.41, 5.74) is 1.16. The molecule has 5 nitrogen and oxygen atoms in total. The Hall–Kier alpha value is -1.82. The third-order valence-corrected chi connectivity index (χ3v) is 4.69. The van der Waals surface area contributed by atoms with E-state index in [2.05, 4.69) is 22.2 Å². The Balaban J connectivity index is 1.71. The maximum atomic E-state index is 12.2. The molecule has 0 aliphatic carbocycles. The number of hydrogen-bond donors (Lipinski definition) is 1. The molecule has 128 valence electrons. The summed E-state index contributed by atoms with van der Waals surface area (Å²) < 4.78 is 5.16. The number of nitrogens with zero attached hydrogens (tertiary/aromatic N) is 2. The number of halogens is 1. The van der Waals surface area contributed by atoms with E-state index in [0.29, 0.717) is 12.3 Å². The van der Waals surface area contributed by atoms with Crippen molar-refractivity contribution in [1.82, 2.24) is 15.1 Å². The molecule has 1 aliphatic heterocycles. The van der Waals surface area contributed by atoms with Crippen molar-refractivity contribution in [3.8, 4) is 0 Å². The smallest absolute Gasteiger partial charge is 0.287 e. The number of carbonyl (C=O) groups is 1. The van der Waals surface area contributed by atoms with Crippen LogP contribution in [0.5, 0.6) is 0 Å². The summed E-state index contributed by atoms with van der Waals surface area (Å²) in [5, 5.41) is 3.70. The number of rotatable bonds is 5. The summed E-state index contributed by atoms with van der Waals surface area (Å²) in [6, 6.07) is 11.4. The molecule has 0 saturated carbocycles. The van der Waals surface area contributed by atoms with Crippen molar-refractivity contribution in [3.63, 3.8) is 0 Å². The van der Waals surface area contributed by atoms with Crippen molar-refractivity contribution in [2.24, 2.45) is 0 Å². The van der Waals surface area contributed by atoms with E-state index in [1.54, 1.807) is 12.1 Å². The molecule has 0 bridgehead atoms. The fourth-order valence-corrected chi connectivity index (χ4v) is 3.09. The van der Waals surface area contributed by atoms with E-state index in [0.717, 1.165) is 36.8 Å². The van der Waals surface area contributed by atoms with Gasteiger partial charge in [0.05, 0.1) is 12.3 Å². The Labute approximate surface area is 147 Å². The van der Waals surface area contributed by atoms with Gasteiger partial charge in [-0.25, -0.2) is 0 Å². The zero-order valence-electron chi connectivity index (χ0n) is 13.7. The molecular weight excluding hydrogens is 326 g/mol. The first-order chi connectivity index (χ1) is 11.6. The Morgan fingerprint density at radius 2 is 1.92 bits per heavy atom. The molecule has 6 heteroatoms. The molecule has 1 aromatic heterocycles. The molecule has 1 aliphatic rings. The van der Waals surface area contributed by atoms with Crippen molar-refractivity contribution in [3.05, 3.63) is 59.0 Å². The lowest BCUT2D eigenvalue weighted by Crippen LogP contribution is -2.48. The van der Waals surface area contributed by atoms with Gasteiger partial charge in [-0.1, -0.05) is 23.7 Å². The highest BCUT2D eigenvalue weighted by molar-refractivity contribution is 6.30. The maximum Gasteiger partial charge on any atom is 0.287 e. The quantitative estimate of drug-likeness (QED) is 0.903. The van der Waals surface area contributed by atoms with Crippen molar-refractivity contribution >= 4 is 17.5 Å². The van der Waals surface area contributed by atoms with Gasteiger partial charge >= 0.3 is 0 Å². The normalized spacial score (nSPS) is 17.6. The van der Waals surface area contributed by atoms with Gasteiger partial charge in [0.15, 0.2) is 5.76 Å². The van der Waals surface area contributed by atoms with Gasteiger partial charge < -0.3 is 14.6 Å². The van der Waals surface area contributed by atoms with Crippen molar-refractivity contribution in [1.29, 1.82) is 0 Å². The van der Waals surface area contributed by atoms with E-state index in [9.17, 15) is 4.79 Å². The van der Waals surface area contributed by atoms with E-state index in [-0.39, 0.29) is 11.9 Å². The zero-order valence-corrected chi connectivity index (χ0v) is 14.5. The molecule has 1 amide bonds. The van der Waals surface area contributed by atoms with Gasteiger partial charge in [0.25, 0.3) is 5.91 Å². The summed E-state index contributed by atoms with van der Waals surface area (Å²) in [7, 11) is 2.13. The number of furan rings is 1. The predicted octanol–water partition coefficient (Wildman–Crippen LogP) is 2.65. The molecule has 1 saturated heterocycles. The van der Waals surface area contributed by atoms with Crippen LogP contribution >= 0.6 is 11.6 Å². The minimum absolute atomic E-state index is 0.120. The molecular formula is C18H22ClN3O2. The SMILES string of the molecule is CN1CCN(C(CNC(=O)c2ccco2)c2ccc(Cl)cc2)CC1. The van der Waals surface area contributed by atoms with Crippen molar-refractivity contribution < 1.29 is 9.21 Å². The molecule has 3 rings (SSSR count). The monoisotopic (exact) mass is 347 g/mol. The van der Waals surface area contributed by atoms with E-state index < -0.39 is 0 Å². The lowest BCUT2D eigenvalue weighted by atomic mass is 10.0. The molecule has 2 heterocycles. The van der Waals surface area contributed by atoms with Crippen LogP contribution in [0.4, 0.5) is 0 Å². The molecule has 1 unspecified atom stereocenters. The molecule has 0 spiro atoms. The van der Waals surface area contributed by atoms with Crippen LogP contribution < -0.4 is 5.32 Å². The van der Waals surface area contributed by atoms with Crippen LogP contribution in [0, 0.1) is 0 Å². The number of nitrogens with one attached hydrogen (secondary N) is 1. The summed E-state index contributed by atoms with van der Waals surface area (Å²) in [6.45, 7) is 4.53. The first-order valence-electron chi connectivity index (χ1n) is 8.13. The van der Waals surface area contributed by atoms with Crippen LogP contribution in [0.3, 0.4) is 0 Å². The van der Waals surface area contributed by atoms with Crippen molar-refractivity contribution in [2.45, 2.75) is 6.04 Å². The predicted molar refractivity (Wildman–Crippen MR) is 94.3 cm³/mol. The average molecular weight is 348 g/mol. The molecule has 0 radical (unpaired) electrons. The number of likely N-dealkylation sites (N-methyl/N-ethyl adjacent to an activating group) is 1. The van der Waals surface area contributed by atoms with Crippen molar-refractivity contribution in [2.75, 3.05) is 39.8 Å². The number of amides is 1. The third kappa shape index (κ3) is 4.17. The molecule has 24 heavy (non-hydrogen) atoms. The summed E-state index contributed by atoms with van der Waals surface area (Å²) in [6.07, 6.45) is 1.51. The second-order valence-corrected chi connectivity index (χ2v) is 6.53. The Bertz CT molecular complexity index is 649. The highest BCUT2D eigenvalue weighted by Crippen LogP contribution is 2.23. The van der Waals surface area contributed by atoms with Gasteiger partial charge in [0.1, 0.15) is 0 Å². The molecule has 1 N–H and O–H groups in total. The third-order valence-electron chi connectivity index (χ3n) is 4.43. The molecule has 1 aromatic carbocycles. The van der Waals surface area contributed by atoms with Crippen LogP contribution in [0.2, 0.25) is 5.02 Å². The van der Waals surface area contributed by atoms with Crippen LogP contribution in [-0.2, 0) is 0 Å². The fourth-order valence-electron chi connectivity index (χ4n) is 2.96. The number of carbonyl (C=O) groups excluding carboxylic acids is 1. The van der Waals surface area contributed by atoms with E-state index in [1.807, 2.05) is 24.3 Å². The van der Waals surface area contributed by atoms with Gasteiger partial charge in [0.2, 0.25) is 0 Å².